The van der Waals surface area contributed by atoms with Crippen LogP contribution in [0, 0.1) is 5.41 Å². The summed E-state index contributed by atoms with van der Waals surface area (Å²) in [5, 5.41) is 0. The van der Waals surface area contributed by atoms with Crippen LogP contribution in [0.4, 0.5) is 0 Å². The van der Waals surface area contributed by atoms with Gasteiger partial charge in [-0.15, -0.1) is 0 Å². The van der Waals surface area contributed by atoms with Crippen LogP contribution in [0.2, 0.25) is 0 Å². The molecular weight excluding hydrogens is 348 g/mol. The van der Waals surface area contributed by atoms with Crippen molar-refractivity contribution >= 4 is 10.0 Å². The topological polar surface area (TPSA) is 49.9 Å². The van der Waals surface area contributed by atoms with E-state index in [1.54, 1.807) is 17.5 Å². The summed E-state index contributed by atoms with van der Waals surface area (Å²) in [7, 11) is -1.72. The van der Waals surface area contributed by atoms with Gasteiger partial charge in [0.25, 0.3) is 0 Å². The summed E-state index contributed by atoms with van der Waals surface area (Å²) in [6.07, 6.45) is 3.06. The van der Waals surface area contributed by atoms with E-state index in [1.807, 2.05) is 18.2 Å². The van der Waals surface area contributed by atoms with E-state index in [-0.39, 0.29) is 5.41 Å². The fraction of sp³-hybridized carbons (Fsp3) is 0.700. The van der Waals surface area contributed by atoms with Crippen LogP contribution in [0.5, 0.6) is 0 Å². The zero-order valence-corrected chi connectivity index (χ0v) is 17.5. The lowest BCUT2D eigenvalue weighted by molar-refractivity contribution is 0.144. The molecule has 1 aliphatic heterocycles. The molecule has 1 fully saturated rings. The van der Waals surface area contributed by atoms with Crippen molar-refractivity contribution in [1.29, 1.82) is 0 Å². The van der Waals surface area contributed by atoms with Crippen molar-refractivity contribution in [3.63, 3.8) is 0 Å². The van der Waals surface area contributed by atoms with E-state index in [0.717, 1.165) is 44.5 Å². The Kier molecular flexibility index (Phi) is 7.64. The van der Waals surface area contributed by atoms with E-state index < -0.39 is 10.0 Å². The number of hydrogen-bond acceptors (Lipinski definition) is 4. The van der Waals surface area contributed by atoms with E-state index in [0.29, 0.717) is 24.6 Å². The van der Waals surface area contributed by atoms with E-state index in [9.17, 15) is 8.42 Å². The second-order valence-corrected chi connectivity index (χ2v) is 9.96. The van der Waals surface area contributed by atoms with Crippen molar-refractivity contribution in [2.24, 2.45) is 5.41 Å². The van der Waals surface area contributed by atoms with Crippen molar-refractivity contribution in [2.75, 3.05) is 39.9 Å². The molecule has 0 N–H and O–H groups in total. The number of methoxy groups -OCH3 is 1. The van der Waals surface area contributed by atoms with Gasteiger partial charge in [-0.05, 0) is 48.9 Å². The third kappa shape index (κ3) is 5.78. The molecule has 2 rings (SSSR count). The zero-order valence-electron chi connectivity index (χ0n) is 16.7. The van der Waals surface area contributed by atoms with Crippen molar-refractivity contribution in [3.05, 3.63) is 29.8 Å². The van der Waals surface area contributed by atoms with E-state index in [2.05, 4.69) is 25.7 Å². The first-order valence-corrected chi connectivity index (χ1v) is 11.0. The first-order valence-electron chi connectivity index (χ1n) is 9.59. The first kappa shape index (κ1) is 21.4. The van der Waals surface area contributed by atoms with Crippen molar-refractivity contribution in [1.82, 2.24) is 9.21 Å². The maximum absolute atomic E-state index is 13.1. The monoisotopic (exact) mass is 382 g/mol. The van der Waals surface area contributed by atoms with Crippen LogP contribution in [-0.2, 0) is 21.3 Å². The minimum absolute atomic E-state index is 0.0427. The maximum Gasteiger partial charge on any atom is 0.243 e. The molecule has 0 unspecified atom stereocenters. The predicted molar refractivity (Wildman–Crippen MR) is 106 cm³/mol. The lowest BCUT2D eigenvalue weighted by Gasteiger charge is -2.37. The maximum atomic E-state index is 13.1. The number of hydrogen-bond donors (Lipinski definition) is 0. The minimum atomic E-state index is -3.43. The zero-order chi connectivity index (χ0) is 19.2. The fourth-order valence-corrected chi connectivity index (χ4v) is 5.33. The van der Waals surface area contributed by atoms with Crippen molar-refractivity contribution in [2.45, 2.75) is 51.5 Å². The van der Waals surface area contributed by atoms with Gasteiger partial charge in [-0.3, -0.25) is 4.90 Å². The third-order valence-electron chi connectivity index (χ3n) is 4.96. The van der Waals surface area contributed by atoms with E-state index in [1.165, 1.54) is 0 Å². The summed E-state index contributed by atoms with van der Waals surface area (Å²) in [4.78, 5) is 2.72. The summed E-state index contributed by atoms with van der Waals surface area (Å²) < 4.78 is 33.1. The summed E-state index contributed by atoms with van der Waals surface area (Å²) in [5.41, 5.74) is 1.08. The molecule has 0 atom stereocenters. The van der Waals surface area contributed by atoms with Gasteiger partial charge in [0.05, 0.1) is 11.5 Å². The number of sulfonamides is 1. The summed E-state index contributed by atoms with van der Waals surface area (Å²) in [6, 6.07) is 7.43. The fourth-order valence-electron chi connectivity index (χ4n) is 3.59. The number of ether oxygens (including phenoxy) is 1. The van der Waals surface area contributed by atoms with Crippen LogP contribution >= 0.6 is 0 Å². The molecule has 6 heteroatoms. The van der Waals surface area contributed by atoms with Gasteiger partial charge >= 0.3 is 0 Å². The van der Waals surface area contributed by atoms with Gasteiger partial charge in [-0.1, -0.05) is 32.9 Å². The second-order valence-electron chi connectivity index (χ2n) is 8.02. The van der Waals surface area contributed by atoms with E-state index in [4.69, 9.17) is 4.74 Å². The predicted octanol–water partition coefficient (Wildman–Crippen LogP) is 3.36. The van der Waals surface area contributed by atoms with Crippen LogP contribution in [0.3, 0.4) is 0 Å². The quantitative estimate of drug-likeness (QED) is 0.657. The first-order chi connectivity index (χ1) is 12.3. The molecule has 0 bridgehead atoms. The molecule has 1 aliphatic rings. The molecule has 0 radical (unpaired) electrons. The summed E-state index contributed by atoms with van der Waals surface area (Å²) in [6.45, 7) is 10.9. The molecule has 0 spiro atoms. The Morgan fingerprint density at radius 2 is 2.04 bits per heavy atom. The Morgan fingerprint density at radius 1 is 1.27 bits per heavy atom. The molecular formula is C20H34N2O3S. The number of benzene rings is 1. The molecule has 1 saturated heterocycles. The molecule has 5 nitrogen and oxygen atoms in total. The summed E-state index contributed by atoms with van der Waals surface area (Å²) >= 11 is 0. The van der Waals surface area contributed by atoms with Gasteiger partial charge < -0.3 is 4.74 Å². The molecule has 1 heterocycles. The van der Waals surface area contributed by atoms with Crippen molar-refractivity contribution in [3.8, 4) is 0 Å². The third-order valence-corrected chi connectivity index (χ3v) is 6.80. The highest BCUT2D eigenvalue weighted by Crippen LogP contribution is 2.32. The van der Waals surface area contributed by atoms with Crippen LogP contribution in [-0.4, -0.2) is 57.5 Å². The summed E-state index contributed by atoms with van der Waals surface area (Å²) in [5.74, 6) is 0. The Bertz CT molecular complexity index is 673. The largest absolute Gasteiger partial charge is 0.383 e. The highest BCUT2D eigenvalue weighted by atomic mass is 32.2. The van der Waals surface area contributed by atoms with Crippen LogP contribution in [0.15, 0.2) is 29.2 Å². The van der Waals surface area contributed by atoms with Gasteiger partial charge in [0.2, 0.25) is 10.0 Å². The SMILES string of the molecule is CCCN(CCOC)Cc1cccc(S(=O)(=O)N2CCCC(C)(C)C2)c1. The molecule has 0 amide bonds. The molecule has 1 aromatic rings. The Labute approximate surface area is 159 Å². The average Bonchev–Trinajstić information content (AvgIpc) is 2.59. The van der Waals surface area contributed by atoms with Crippen LogP contribution in [0.1, 0.15) is 45.6 Å². The lowest BCUT2D eigenvalue weighted by Crippen LogP contribution is -2.43. The molecule has 1 aromatic carbocycles. The normalized spacial score (nSPS) is 18.3. The highest BCUT2D eigenvalue weighted by molar-refractivity contribution is 7.89. The van der Waals surface area contributed by atoms with Gasteiger partial charge in [-0.25, -0.2) is 8.42 Å². The van der Waals surface area contributed by atoms with Gasteiger partial charge in [0.1, 0.15) is 0 Å². The Balaban J connectivity index is 2.16. The number of piperidine rings is 1. The standard InChI is InChI=1S/C20H34N2O3S/c1-5-11-21(13-14-25-4)16-18-8-6-9-19(15-18)26(23,24)22-12-7-10-20(2,3)17-22/h6,8-9,15H,5,7,10-14,16-17H2,1-4H3. The number of nitrogens with zero attached hydrogens (tertiary/aromatic N) is 2. The Hall–Kier alpha value is -0.950. The minimum Gasteiger partial charge on any atom is -0.383 e. The second kappa shape index (κ2) is 9.31. The molecule has 0 aromatic heterocycles. The smallest absolute Gasteiger partial charge is 0.243 e. The van der Waals surface area contributed by atoms with Gasteiger partial charge in [0, 0.05) is 33.3 Å². The number of rotatable bonds is 9. The molecule has 26 heavy (non-hydrogen) atoms. The molecule has 0 aliphatic carbocycles. The molecule has 148 valence electrons. The van der Waals surface area contributed by atoms with E-state index >= 15 is 0 Å². The average molecular weight is 383 g/mol. The van der Waals surface area contributed by atoms with Gasteiger partial charge in [-0.2, -0.15) is 4.31 Å². The van der Waals surface area contributed by atoms with Gasteiger partial charge in [0.15, 0.2) is 0 Å². The Morgan fingerprint density at radius 3 is 2.69 bits per heavy atom. The molecule has 0 saturated carbocycles. The highest BCUT2D eigenvalue weighted by Gasteiger charge is 2.34. The van der Waals surface area contributed by atoms with Crippen LogP contribution < -0.4 is 0 Å². The lowest BCUT2D eigenvalue weighted by atomic mass is 9.85. The van der Waals surface area contributed by atoms with Crippen LogP contribution in [0.25, 0.3) is 0 Å². The van der Waals surface area contributed by atoms with Crippen molar-refractivity contribution < 1.29 is 13.2 Å².